The smallest absolute Gasteiger partial charge is 0.166 e. The zero-order chi connectivity index (χ0) is 13.0. The highest BCUT2D eigenvalue weighted by Crippen LogP contribution is 2.20. The topological polar surface area (TPSA) is 51.9 Å². The summed E-state index contributed by atoms with van der Waals surface area (Å²) in [5.41, 5.74) is 3.77. The number of aromatic amines is 2. The van der Waals surface area contributed by atoms with Crippen LogP contribution < -0.4 is 0 Å². The zero-order valence-electron chi connectivity index (χ0n) is 10.9. The third kappa shape index (κ3) is 2.90. The van der Waals surface area contributed by atoms with E-state index in [1.165, 1.54) is 0 Å². The monoisotopic (exact) mass is 245 g/mol. The van der Waals surface area contributed by atoms with Gasteiger partial charge in [-0.05, 0) is 57.2 Å². The normalized spacial score (nSPS) is 11.1. The predicted molar refractivity (Wildman–Crippen MR) is 72.8 cm³/mol. The number of H-pyrrole nitrogens is 2. The van der Waals surface area contributed by atoms with Crippen LogP contribution in [-0.4, -0.2) is 41.8 Å². The van der Waals surface area contributed by atoms with Gasteiger partial charge in [-0.25, -0.2) is 0 Å². The Kier molecular flexibility index (Phi) is 3.99. The summed E-state index contributed by atoms with van der Waals surface area (Å²) in [5.74, 6) is 0. The molecule has 2 rings (SSSR count). The number of hydrogen-bond acceptors (Lipinski definition) is 2. The van der Waals surface area contributed by atoms with Gasteiger partial charge in [-0.15, -0.1) is 0 Å². The molecule has 96 valence electrons. The molecule has 0 aliphatic rings. The highest BCUT2D eigenvalue weighted by molar-refractivity contribution is 5.77. The fourth-order valence-corrected chi connectivity index (χ4v) is 2.05. The molecule has 0 fully saturated rings. The first-order chi connectivity index (χ1) is 8.70. The van der Waals surface area contributed by atoms with E-state index in [-0.39, 0.29) is 0 Å². The van der Waals surface area contributed by atoms with Crippen molar-refractivity contribution in [3.63, 3.8) is 0 Å². The average Bonchev–Trinajstić information content (AvgIpc) is 2.96. The Bertz CT molecular complexity index is 497. The van der Waals surface area contributed by atoms with Crippen molar-refractivity contribution in [1.29, 1.82) is 0 Å². The molecule has 2 aromatic rings. The molecule has 0 amide bonds. The van der Waals surface area contributed by atoms with E-state index in [1.807, 2.05) is 18.3 Å². The van der Waals surface area contributed by atoms with Crippen LogP contribution in [0.15, 0.2) is 24.4 Å². The van der Waals surface area contributed by atoms with Gasteiger partial charge in [0.2, 0.25) is 0 Å². The fraction of sp³-hybridized carbons (Fsp3) is 0.357. The molecule has 0 aromatic carbocycles. The van der Waals surface area contributed by atoms with Crippen molar-refractivity contribution in [3.05, 3.63) is 35.7 Å². The summed E-state index contributed by atoms with van der Waals surface area (Å²) in [6.07, 6.45) is 4.75. The maximum Gasteiger partial charge on any atom is 0.166 e. The molecule has 2 aromatic heterocycles. The number of rotatable bonds is 6. The van der Waals surface area contributed by atoms with Crippen molar-refractivity contribution in [2.75, 3.05) is 20.6 Å². The molecule has 0 unspecified atom stereocenters. The largest absolute Gasteiger partial charge is 0.360 e. The number of carbonyl (C=O) groups excluding carboxylic acids is 1. The van der Waals surface area contributed by atoms with E-state index in [0.717, 1.165) is 42.6 Å². The molecule has 0 aliphatic carbocycles. The van der Waals surface area contributed by atoms with Crippen LogP contribution in [0, 0.1) is 0 Å². The van der Waals surface area contributed by atoms with Crippen LogP contribution in [0.4, 0.5) is 0 Å². The quantitative estimate of drug-likeness (QED) is 0.767. The number of nitrogens with zero attached hydrogens (tertiary/aromatic N) is 1. The first-order valence-electron chi connectivity index (χ1n) is 6.16. The van der Waals surface area contributed by atoms with E-state index in [1.54, 1.807) is 0 Å². The lowest BCUT2D eigenvalue weighted by Crippen LogP contribution is -2.13. The number of nitrogens with one attached hydrogen (secondary N) is 2. The second-order valence-corrected chi connectivity index (χ2v) is 4.73. The molecular formula is C14H19N3O. The summed E-state index contributed by atoms with van der Waals surface area (Å²) in [7, 11) is 4.12. The Hall–Kier alpha value is -1.81. The standard InChI is InChI=1S/C14H19N3O/c1-17(2)8-4-5-11-9-13(16-14(11)10-18)12-6-3-7-15-12/h3,6-7,9-10,15-16H,4-5,8H2,1-2H3. The SMILES string of the molecule is CN(C)CCCc1cc(-c2ccc[nH]2)[nH]c1C=O. The molecular weight excluding hydrogens is 226 g/mol. The lowest BCUT2D eigenvalue weighted by Gasteiger charge is -2.08. The Morgan fingerprint density at radius 2 is 2.17 bits per heavy atom. The molecule has 0 saturated carbocycles. The number of carbonyl (C=O) groups is 1. The van der Waals surface area contributed by atoms with Crippen molar-refractivity contribution in [3.8, 4) is 11.4 Å². The Morgan fingerprint density at radius 3 is 2.78 bits per heavy atom. The van der Waals surface area contributed by atoms with Crippen molar-refractivity contribution < 1.29 is 4.79 Å². The van der Waals surface area contributed by atoms with Crippen LogP contribution in [0.3, 0.4) is 0 Å². The van der Waals surface area contributed by atoms with Crippen LogP contribution in [0.5, 0.6) is 0 Å². The van der Waals surface area contributed by atoms with E-state index in [4.69, 9.17) is 0 Å². The minimum absolute atomic E-state index is 0.693. The lowest BCUT2D eigenvalue weighted by molar-refractivity contribution is 0.111. The van der Waals surface area contributed by atoms with E-state index < -0.39 is 0 Å². The molecule has 4 heteroatoms. The molecule has 0 bridgehead atoms. The second kappa shape index (κ2) is 5.69. The second-order valence-electron chi connectivity index (χ2n) is 4.73. The van der Waals surface area contributed by atoms with Gasteiger partial charge in [0.25, 0.3) is 0 Å². The Morgan fingerprint density at radius 1 is 1.33 bits per heavy atom. The molecule has 2 N–H and O–H groups in total. The van der Waals surface area contributed by atoms with Gasteiger partial charge < -0.3 is 14.9 Å². The molecule has 0 spiro atoms. The van der Waals surface area contributed by atoms with Crippen molar-refractivity contribution in [1.82, 2.24) is 14.9 Å². The van der Waals surface area contributed by atoms with Crippen LogP contribution in [0.25, 0.3) is 11.4 Å². The molecule has 2 heterocycles. The summed E-state index contributed by atoms with van der Waals surface area (Å²) in [4.78, 5) is 19.5. The van der Waals surface area contributed by atoms with Crippen molar-refractivity contribution in [2.45, 2.75) is 12.8 Å². The van der Waals surface area contributed by atoms with E-state index in [9.17, 15) is 4.79 Å². The molecule has 0 radical (unpaired) electrons. The highest BCUT2D eigenvalue weighted by Gasteiger charge is 2.09. The van der Waals surface area contributed by atoms with Crippen LogP contribution in [0.1, 0.15) is 22.5 Å². The molecule has 0 aliphatic heterocycles. The van der Waals surface area contributed by atoms with E-state index in [2.05, 4.69) is 35.0 Å². The number of aryl methyl sites for hydroxylation is 1. The predicted octanol–water partition coefficient (Wildman–Crippen LogP) is 2.32. The molecule has 0 saturated heterocycles. The van der Waals surface area contributed by atoms with Gasteiger partial charge in [0.1, 0.15) is 0 Å². The maximum atomic E-state index is 11.1. The minimum Gasteiger partial charge on any atom is -0.360 e. The first-order valence-corrected chi connectivity index (χ1v) is 6.16. The number of aldehydes is 1. The van der Waals surface area contributed by atoms with Gasteiger partial charge in [-0.2, -0.15) is 0 Å². The van der Waals surface area contributed by atoms with Crippen LogP contribution in [-0.2, 0) is 6.42 Å². The summed E-state index contributed by atoms with van der Waals surface area (Å²) >= 11 is 0. The number of aromatic nitrogens is 2. The Labute approximate surface area is 107 Å². The minimum atomic E-state index is 0.693. The molecule has 0 atom stereocenters. The van der Waals surface area contributed by atoms with Gasteiger partial charge in [0.15, 0.2) is 6.29 Å². The van der Waals surface area contributed by atoms with Gasteiger partial charge in [0, 0.05) is 6.20 Å². The zero-order valence-corrected chi connectivity index (χ0v) is 10.9. The third-order valence-corrected chi connectivity index (χ3v) is 2.99. The summed E-state index contributed by atoms with van der Waals surface area (Å²) in [6, 6.07) is 6.00. The van der Waals surface area contributed by atoms with Crippen molar-refractivity contribution >= 4 is 6.29 Å². The van der Waals surface area contributed by atoms with Crippen molar-refractivity contribution in [2.24, 2.45) is 0 Å². The first kappa shape index (κ1) is 12.6. The van der Waals surface area contributed by atoms with Crippen LogP contribution in [0.2, 0.25) is 0 Å². The van der Waals surface area contributed by atoms with E-state index in [0.29, 0.717) is 5.69 Å². The van der Waals surface area contributed by atoms with E-state index >= 15 is 0 Å². The summed E-state index contributed by atoms with van der Waals surface area (Å²) in [5, 5.41) is 0. The lowest BCUT2D eigenvalue weighted by atomic mass is 10.1. The number of hydrogen-bond donors (Lipinski definition) is 2. The third-order valence-electron chi connectivity index (χ3n) is 2.99. The Balaban J connectivity index is 2.12. The molecule has 4 nitrogen and oxygen atoms in total. The fourth-order valence-electron chi connectivity index (χ4n) is 2.05. The van der Waals surface area contributed by atoms with Gasteiger partial charge >= 0.3 is 0 Å². The molecule has 18 heavy (non-hydrogen) atoms. The highest BCUT2D eigenvalue weighted by atomic mass is 16.1. The maximum absolute atomic E-state index is 11.1. The van der Waals surface area contributed by atoms with Gasteiger partial charge in [0.05, 0.1) is 17.1 Å². The van der Waals surface area contributed by atoms with Gasteiger partial charge in [-0.1, -0.05) is 0 Å². The summed E-state index contributed by atoms with van der Waals surface area (Å²) in [6.45, 7) is 1.03. The average molecular weight is 245 g/mol. The summed E-state index contributed by atoms with van der Waals surface area (Å²) < 4.78 is 0. The van der Waals surface area contributed by atoms with Gasteiger partial charge in [-0.3, -0.25) is 4.79 Å². The van der Waals surface area contributed by atoms with Crippen LogP contribution >= 0.6 is 0 Å².